The van der Waals surface area contributed by atoms with Crippen molar-refractivity contribution >= 4 is 40.6 Å². The highest BCUT2D eigenvalue weighted by Gasteiger charge is 2.38. The van der Waals surface area contributed by atoms with Gasteiger partial charge in [0.05, 0.1) is 24.7 Å². The summed E-state index contributed by atoms with van der Waals surface area (Å²) in [5.74, 6) is -1.14. The molecule has 11 nitrogen and oxygen atoms in total. The van der Waals surface area contributed by atoms with Crippen molar-refractivity contribution in [2.45, 2.75) is 31.9 Å². The number of hydrogen-bond donors (Lipinski definition) is 3. The first-order valence-electron chi connectivity index (χ1n) is 11.4. The molecule has 0 radical (unpaired) electrons. The highest BCUT2D eigenvalue weighted by molar-refractivity contribution is 7.09. The number of nitrogen functional groups attached to an aromatic ring is 1. The van der Waals surface area contributed by atoms with Crippen LogP contribution in [0.25, 0.3) is 0 Å². The molecule has 5 N–H and O–H groups in total. The number of carbonyl (C=O) groups excluding carboxylic acids is 3. The Morgan fingerprint density at radius 1 is 1.28 bits per heavy atom. The summed E-state index contributed by atoms with van der Waals surface area (Å²) >= 11 is 0.733. The number of amides is 3. The van der Waals surface area contributed by atoms with E-state index in [2.05, 4.69) is 9.69 Å². The molecule has 0 spiro atoms. The molecule has 3 aromatic rings. The maximum atomic E-state index is 13.9. The summed E-state index contributed by atoms with van der Waals surface area (Å²) in [7, 11) is 0. The first kappa shape index (κ1) is 25.2. The van der Waals surface area contributed by atoms with Gasteiger partial charge >= 0.3 is 0 Å². The summed E-state index contributed by atoms with van der Waals surface area (Å²) in [4.78, 5) is 40.4. The van der Waals surface area contributed by atoms with Crippen LogP contribution in [0.4, 0.5) is 11.4 Å². The number of nitrogens with one attached hydrogen (secondary N) is 1. The average Bonchev–Trinajstić information content (AvgIpc) is 3.64. The number of aromatic nitrogens is 1. The zero-order chi connectivity index (χ0) is 25.7. The third-order valence-corrected chi connectivity index (χ3v) is 6.50. The fourth-order valence-corrected chi connectivity index (χ4v) is 4.67. The molecule has 36 heavy (non-hydrogen) atoms. The van der Waals surface area contributed by atoms with Crippen LogP contribution in [0.3, 0.4) is 0 Å². The summed E-state index contributed by atoms with van der Waals surface area (Å²) in [5, 5.41) is 2.88. The van der Waals surface area contributed by atoms with Crippen molar-refractivity contribution in [2.75, 3.05) is 30.4 Å². The molecule has 1 aliphatic rings. The Bertz CT molecular complexity index is 1200. The van der Waals surface area contributed by atoms with Gasteiger partial charge in [-0.3, -0.25) is 19.3 Å². The molecule has 1 fully saturated rings. The van der Waals surface area contributed by atoms with Gasteiger partial charge in [-0.15, -0.1) is 0 Å². The largest absolute Gasteiger partial charge is 0.494 e. The third kappa shape index (κ3) is 5.34. The zero-order valence-electron chi connectivity index (χ0n) is 19.6. The number of nitrogens with zero attached hydrogens (tertiary/aromatic N) is 2. The molecule has 0 aliphatic carbocycles. The molecule has 1 aliphatic heterocycles. The van der Waals surface area contributed by atoms with Crippen LogP contribution in [0.2, 0.25) is 0 Å². The van der Waals surface area contributed by atoms with Gasteiger partial charge in [0.25, 0.3) is 17.7 Å². The topological polar surface area (TPSA) is 163 Å². The van der Waals surface area contributed by atoms with E-state index in [-0.39, 0.29) is 34.7 Å². The van der Waals surface area contributed by atoms with E-state index in [0.29, 0.717) is 24.7 Å². The van der Waals surface area contributed by atoms with Crippen LogP contribution in [0, 0.1) is 0 Å². The third-order valence-electron chi connectivity index (χ3n) is 5.65. The lowest BCUT2D eigenvalue weighted by atomic mass is 10.1. The van der Waals surface area contributed by atoms with Crippen molar-refractivity contribution in [3.8, 4) is 5.75 Å². The van der Waals surface area contributed by atoms with Crippen LogP contribution < -0.4 is 26.4 Å². The van der Waals surface area contributed by atoms with E-state index >= 15 is 0 Å². The van der Waals surface area contributed by atoms with Gasteiger partial charge in [0, 0.05) is 18.8 Å². The first-order chi connectivity index (χ1) is 17.4. The molecule has 1 aromatic carbocycles. The number of nitrogens with two attached hydrogens (primary N) is 2. The lowest BCUT2D eigenvalue weighted by molar-refractivity contribution is -0.123. The zero-order valence-corrected chi connectivity index (χ0v) is 20.5. The van der Waals surface area contributed by atoms with Gasteiger partial charge in [0.1, 0.15) is 16.4 Å². The molecule has 4 rings (SSSR count). The summed E-state index contributed by atoms with van der Waals surface area (Å²) in [6.45, 7) is 3.26. The minimum Gasteiger partial charge on any atom is -0.494 e. The summed E-state index contributed by atoms with van der Waals surface area (Å²) < 4.78 is 20.7. The Morgan fingerprint density at radius 3 is 2.64 bits per heavy atom. The molecule has 0 saturated carbocycles. The van der Waals surface area contributed by atoms with Crippen LogP contribution in [0.5, 0.6) is 5.75 Å². The summed E-state index contributed by atoms with van der Waals surface area (Å²) in [6.07, 6.45) is 3.07. The van der Waals surface area contributed by atoms with Crippen LogP contribution in [0.1, 0.15) is 51.7 Å². The smallest absolute Gasteiger partial charge is 0.273 e. The fourth-order valence-electron chi connectivity index (χ4n) is 3.93. The van der Waals surface area contributed by atoms with Crippen molar-refractivity contribution in [1.82, 2.24) is 9.69 Å². The van der Waals surface area contributed by atoms with E-state index in [9.17, 15) is 14.4 Å². The Hall–Kier alpha value is -3.90. The Balaban J connectivity index is 1.75. The molecule has 2 atom stereocenters. The fraction of sp³-hybridized carbons (Fsp3) is 0.333. The number of anilines is 2. The van der Waals surface area contributed by atoms with Gasteiger partial charge in [0.15, 0.2) is 11.7 Å². The SMILES string of the molecule is CCOc1ccc(N(C(=O)c2snc(C(N)=O)c2N)[C@H](C(=O)NC[C@H]2CCCO2)c2ccco2)cc1. The van der Waals surface area contributed by atoms with E-state index in [1.807, 2.05) is 6.92 Å². The Labute approximate surface area is 211 Å². The maximum Gasteiger partial charge on any atom is 0.273 e. The van der Waals surface area contributed by atoms with Crippen LogP contribution in [-0.2, 0) is 9.53 Å². The quantitative estimate of drug-likeness (QED) is 0.372. The first-order valence-corrected chi connectivity index (χ1v) is 12.2. The van der Waals surface area contributed by atoms with E-state index in [1.165, 1.54) is 11.2 Å². The second-order valence-electron chi connectivity index (χ2n) is 8.04. The van der Waals surface area contributed by atoms with Crippen LogP contribution in [-0.4, -0.2) is 48.0 Å². The Morgan fingerprint density at radius 2 is 2.06 bits per heavy atom. The van der Waals surface area contributed by atoms with Gasteiger partial charge < -0.3 is 30.7 Å². The van der Waals surface area contributed by atoms with Crippen molar-refractivity contribution in [1.29, 1.82) is 0 Å². The minimum atomic E-state index is -1.19. The van der Waals surface area contributed by atoms with Gasteiger partial charge in [-0.25, -0.2) is 0 Å². The molecule has 2 aromatic heterocycles. The van der Waals surface area contributed by atoms with E-state index in [1.54, 1.807) is 36.4 Å². The second-order valence-corrected chi connectivity index (χ2v) is 8.81. The van der Waals surface area contributed by atoms with Gasteiger partial charge in [-0.2, -0.15) is 4.37 Å². The highest BCUT2D eigenvalue weighted by Crippen LogP contribution is 2.34. The number of rotatable bonds is 10. The molecule has 1 saturated heterocycles. The van der Waals surface area contributed by atoms with Gasteiger partial charge in [0.2, 0.25) is 0 Å². The number of benzene rings is 1. The van der Waals surface area contributed by atoms with Crippen molar-refractivity contribution in [3.63, 3.8) is 0 Å². The maximum absolute atomic E-state index is 13.9. The number of ether oxygens (including phenoxy) is 2. The number of hydrogen-bond acceptors (Lipinski definition) is 9. The highest BCUT2D eigenvalue weighted by atomic mass is 32.1. The molecule has 3 heterocycles. The summed E-state index contributed by atoms with van der Waals surface area (Å²) in [6, 6.07) is 8.72. The van der Waals surface area contributed by atoms with Crippen molar-refractivity contribution in [3.05, 3.63) is 59.0 Å². The molecular weight excluding hydrogens is 486 g/mol. The Kier molecular flexibility index (Phi) is 7.86. The van der Waals surface area contributed by atoms with E-state index in [4.69, 9.17) is 25.4 Å². The lowest BCUT2D eigenvalue weighted by Gasteiger charge is -2.30. The minimum absolute atomic E-state index is 0.0267. The van der Waals surface area contributed by atoms with Crippen molar-refractivity contribution in [2.24, 2.45) is 5.73 Å². The van der Waals surface area contributed by atoms with Crippen LogP contribution >= 0.6 is 11.5 Å². The molecule has 0 unspecified atom stereocenters. The monoisotopic (exact) mass is 513 g/mol. The predicted octanol–water partition coefficient (Wildman–Crippen LogP) is 2.50. The molecule has 0 bridgehead atoms. The molecule has 12 heteroatoms. The van der Waals surface area contributed by atoms with Crippen molar-refractivity contribution < 1.29 is 28.3 Å². The molecule has 3 amide bonds. The van der Waals surface area contributed by atoms with E-state index in [0.717, 1.165) is 24.4 Å². The van der Waals surface area contributed by atoms with E-state index < -0.39 is 23.8 Å². The summed E-state index contributed by atoms with van der Waals surface area (Å²) in [5.41, 5.74) is 11.4. The van der Waals surface area contributed by atoms with Gasteiger partial charge in [-0.05, 0) is 67.7 Å². The number of primary amides is 1. The molecular formula is C24H27N5O6S. The molecule has 190 valence electrons. The standard InChI is InChI=1S/C24H27N5O6S/c1-2-33-15-9-7-14(8-10-15)29(24(32)21-18(25)19(22(26)30)28-36-21)20(17-6-4-12-35-17)23(31)27-13-16-5-3-11-34-16/h4,6-10,12,16,20H,2-3,5,11,13,25H2,1H3,(H2,26,30)(H,27,31)/t16-,20+/m1/s1. The predicted molar refractivity (Wildman–Crippen MR) is 133 cm³/mol. The second kappa shape index (κ2) is 11.2. The lowest BCUT2D eigenvalue weighted by Crippen LogP contribution is -2.45. The number of carbonyl (C=O) groups is 3. The normalized spacial score (nSPS) is 15.9. The van der Waals surface area contributed by atoms with Gasteiger partial charge in [-0.1, -0.05) is 0 Å². The number of furan rings is 1. The average molecular weight is 514 g/mol. The van der Waals surface area contributed by atoms with Crippen LogP contribution in [0.15, 0.2) is 47.1 Å².